The van der Waals surface area contributed by atoms with Crippen LogP contribution in [-0.2, 0) is 4.79 Å². The second-order valence-electron chi connectivity index (χ2n) is 11.1. The van der Waals surface area contributed by atoms with Crippen molar-refractivity contribution >= 4 is 40.8 Å². The zero-order chi connectivity index (χ0) is 28.8. The van der Waals surface area contributed by atoms with Crippen molar-refractivity contribution in [3.63, 3.8) is 0 Å². The van der Waals surface area contributed by atoms with Gasteiger partial charge in [0.05, 0.1) is 10.0 Å². The molecule has 0 radical (unpaired) electrons. The first-order valence-corrected chi connectivity index (χ1v) is 15.5. The second-order valence-corrected chi connectivity index (χ2v) is 12.4. The van der Waals surface area contributed by atoms with Gasteiger partial charge in [-0.05, 0) is 44.4 Å². The third-order valence-corrected chi connectivity index (χ3v) is 9.04. The van der Waals surface area contributed by atoms with Crippen molar-refractivity contribution in [3.8, 4) is 5.75 Å². The third-order valence-electron chi connectivity index (χ3n) is 7.72. The lowest BCUT2D eigenvalue weighted by Crippen LogP contribution is -2.51. The number of nitrogens with zero attached hydrogens (tertiary/aromatic N) is 4. The molecular formula is C32H37ClN4O3S. The fraction of sp³-hybridized carbons (Fsp3) is 0.406. The highest BCUT2D eigenvalue weighted by molar-refractivity contribution is 7.09. The molecule has 0 N–H and O–H groups in total. The average molecular weight is 593 g/mol. The number of hydrogen-bond acceptors (Lipinski definition) is 6. The summed E-state index contributed by atoms with van der Waals surface area (Å²) in [5, 5.41) is 3.36. The van der Waals surface area contributed by atoms with Crippen molar-refractivity contribution < 1.29 is 14.3 Å². The number of ether oxygens (including phenoxy) is 1. The number of thiazole rings is 1. The van der Waals surface area contributed by atoms with Gasteiger partial charge >= 0.3 is 0 Å². The number of para-hydroxylation sites is 1. The summed E-state index contributed by atoms with van der Waals surface area (Å²) in [6.07, 6.45) is 5.95. The number of benzene rings is 2. The third kappa shape index (κ3) is 7.36. The van der Waals surface area contributed by atoms with Crippen molar-refractivity contribution in [2.24, 2.45) is 0 Å². The normalized spacial score (nSPS) is 17.2. The maximum Gasteiger partial charge on any atom is 0.273 e. The van der Waals surface area contributed by atoms with Gasteiger partial charge in [-0.2, -0.15) is 0 Å². The van der Waals surface area contributed by atoms with Gasteiger partial charge in [0.1, 0.15) is 11.4 Å². The molecule has 216 valence electrons. The summed E-state index contributed by atoms with van der Waals surface area (Å²) >= 11 is 7.79. The van der Waals surface area contributed by atoms with Crippen LogP contribution < -0.4 is 4.74 Å². The van der Waals surface area contributed by atoms with Crippen LogP contribution in [0, 0.1) is 0 Å². The van der Waals surface area contributed by atoms with E-state index in [1.54, 1.807) is 37.3 Å². The van der Waals surface area contributed by atoms with Gasteiger partial charge in [-0.15, -0.1) is 11.3 Å². The minimum Gasteiger partial charge on any atom is -0.476 e. The molecule has 2 aromatic carbocycles. The van der Waals surface area contributed by atoms with Gasteiger partial charge in [-0.3, -0.25) is 14.5 Å². The van der Waals surface area contributed by atoms with E-state index in [1.807, 2.05) is 45.5 Å². The van der Waals surface area contributed by atoms with E-state index >= 15 is 0 Å². The molecular weight excluding hydrogens is 556 g/mol. The van der Waals surface area contributed by atoms with Gasteiger partial charge in [0, 0.05) is 57.1 Å². The molecule has 0 unspecified atom stereocenters. The Morgan fingerprint density at radius 3 is 2.37 bits per heavy atom. The summed E-state index contributed by atoms with van der Waals surface area (Å²) in [6, 6.07) is 17.5. The van der Waals surface area contributed by atoms with Gasteiger partial charge in [-0.1, -0.05) is 66.2 Å². The van der Waals surface area contributed by atoms with Crippen LogP contribution in [0.15, 0.2) is 66.1 Å². The van der Waals surface area contributed by atoms with E-state index in [-0.39, 0.29) is 17.7 Å². The number of hydrogen-bond donors (Lipinski definition) is 0. The SMILES string of the molecule is CC(C)(Oc1ccccc1Cl)C(=O)N1CCC(c2nc(C(=O)N3CCN(CC=Cc4ccccc4)CC3)cs2)CC1. The number of likely N-dealkylation sites (tertiary alicyclic amines) is 1. The van der Waals surface area contributed by atoms with Gasteiger partial charge in [0.25, 0.3) is 11.8 Å². The molecule has 0 bridgehead atoms. The maximum absolute atomic E-state index is 13.3. The summed E-state index contributed by atoms with van der Waals surface area (Å²) in [5.74, 6) is 0.703. The summed E-state index contributed by atoms with van der Waals surface area (Å²) < 4.78 is 6.01. The molecule has 5 rings (SSSR count). The van der Waals surface area contributed by atoms with Gasteiger partial charge in [0.15, 0.2) is 5.60 Å². The Bertz CT molecular complexity index is 1360. The monoisotopic (exact) mass is 592 g/mol. The minimum absolute atomic E-state index is 0.0121. The van der Waals surface area contributed by atoms with Crippen LogP contribution in [-0.4, -0.2) is 82.9 Å². The Kier molecular flexibility index (Phi) is 9.42. The van der Waals surface area contributed by atoms with E-state index in [0.29, 0.717) is 42.6 Å². The molecule has 0 aliphatic carbocycles. The first-order valence-electron chi connectivity index (χ1n) is 14.2. The maximum atomic E-state index is 13.3. The molecule has 7 nitrogen and oxygen atoms in total. The number of amides is 2. The van der Waals surface area contributed by atoms with E-state index < -0.39 is 5.60 Å². The van der Waals surface area contributed by atoms with Gasteiger partial charge in [0.2, 0.25) is 0 Å². The predicted molar refractivity (Wildman–Crippen MR) is 165 cm³/mol. The summed E-state index contributed by atoms with van der Waals surface area (Å²) in [7, 11) is 0. The van der Waals surface area contributed by atoms with E-state index in [2.05, 4.69) is 29.2 Å². The van der Waals surface area contributed by atoms with Crippen LogP contribution >= 0.6 is 22.9 Å². The first kappa shape index (κ1) is 29.3. The Hall–Kier alpha value is -3.20. The molecule has 9 heteroatoms. The molecule has 2 aliphatic rings. The van der Waals surface area contributed by atoms with Gasteiger partial charge < -0.3 is 14.5 Å². The van der Waals surface area contributed by atoms with Crippen molar-refractivity contribution in [3.05, 3.63) is 87.3 Å². The number of piperidine rings is 1. The zero-order valence-electron chi connectivity index (χ0n) is 23.7. The lowest BCUT2D eigenvalue weighted by Gasteiger charge is -2.36. The topological polar surface area (TPSA) is 66.0 Å². The summed E-state index contributed by atoms with van der Waals surface area (Å²) in [6.45, 7) is 8.81. The van der Waals surface area contributed by atoms with Crippen LogP contribution in [0.5, 0.6) is 5.75 Å². The summed E-state index contributed by atoms with van der Waals surface area (Å²) in [5.41, 5.74) is 0.709. The van der Waals surface area contributed by atoms with E-state index in [1.165, 1.54) is 5.56 Å². The highest BCUT2D eigenvalue weighted by atomic mass is 35.5. The van der Waals surface area contributed by atoms with E-state index in [9.17, 15) is 9.59 Å². The standard InChI is InChI=1S/C32H37ClN4O3S/c1-32(2,40-28-13-7-6-12-26(28)33)31(39)37-17-14-25(15-18-37)29-34-27(23-41-29)30(38)36-21-19-35(20-22-36)16-8-11-24-9-4-3-5-10-24/h3-13,23,25H,14-22H2,1-2H3. The van der Waals surface area contributed by atoms with Crippen LogP contribution in [0.3, 0.4) is 0 Å². The molecule has 2 saturated heterocycles. The van der Waals surface area contributed by atoms with Crippen molar-refractivity contribution in [2.45, 2.75) is 38.2 Å². The van der Waals surface area contributed by atoms with E-state index in [4.69, 9.17) is 21.3 Å². The predicted octanol–water partition coefficient (Wildman–Crippen LogP) is 5.83. The van der Waals surface area contributed by atoms with Crippen molar-refractivity contribution in [1.29, 1.82) is 0 Å². The molecule has 0 saturated carbocycles. The molecule has 2 aliphatic heterocycles. The number of halogens is 1. The zero-order valence-corrected chi connectivity index (χ0v) is 25.2. The molecule has 0 spiro atoms. The summed E-state index contributed by atoms with van der Waals surface area (Å²) in [4.78, 5) is 37.4. The molecule has 3 heterocycles. The number of carbonyl (C=O) groups excluding carboxylic acids is 2. The van der Waals surface area contributed by atoms with Crippen LogP contribution in [0.1, 0.15) is 53.7 Å². The number of aromatic nitrogens is 1. The molecule has 2 amide bonds. The van der Waals surface area contributed by atoms with Crippen molar-refractivity contribution in [2.75, 3.05) is 45.8 Å². The molecule has 3 aromatic rings. The molecule has 41 heavy (non-hydrogen) atoms. The lowest BCUT2D eigenvalue weighted by atomic mass is 9.96. The number of carbonyl (C=O) groups is 2. The first-order chi connectivity index (χ1) is 19.8. The Morgan fingerprint density at radius 1 is 0.976 bits per heavy atom. The second kappa shape index (κ2) is 13.2. The van der Waals surface area contributed by atoms with E-state index in [0.717, 1.165) is 37.5 Å². The average Bonchev–Trinajstić information content (AvgIpc) is 3.49. The largest absolute Gasteiger partial charge is 0.476 e. The Morgan fingerprint density at radius 2 is 1.66 bits per heavy atom. The minimum atomic E-state index is -1.03. The number of piperazine rings is 1. The van der Waals surface area contributed by atoms with Crippen molar-refractivity contribution in [1.82, 2.24) is 19.7 Å². The highest BCUT2D eigenvalue weighted by Crippen LogP contribution is 2.33. The smallest absolute Gasteiger partial charge is 0.273 e. The quantitative estimate of drug-likeness (QED) is 0.329. The lowest BCUT2D eigenvalue weighted by molar-refractivity contribution is -0.146. The number of rotatable bonds is 8. The van der Waals surface area contributed by atoms with Crippen LogP contribution in [0.2, 0.25) is 5.02 Å². The highest BCUT2D eigenvalue weighted by Gasteiger charge is 2.37. The molecule has 1 aromatic heterocycles. The molecule has 2 fully saturated rings. The van der Waals surface area contributed by atoms with Gasteiger partial charge in [-0.25, -0.2) is 4.98 Å². The Labute approximate surface area is 251 Å². The Balaban J connectivity index is 1.08. The van der Waals surface area contributed by atoms with Crippen LogP contribution in [0.4, 0.5) is 0 Å². The molecule has 0 atom stereocenters. The fourth-order valence-electron chi connectivity index (χ4n) is 5.33. The fourth-order valence-corrected chi connectivity index (χ4v) is 6.47. The van der Waals surface area contributed by atoms with Crippen LogP contribution in [0.25, 0.3) is 6.08 Å².